The van der Waals surface area contributed by atoms with Crippen molar-refractivity contribution in [2.75, 3.05) is 25.6 Å². The number of benzene rings is 3. The van der Waals surface area contributed by atoms with Crippen molar-refractivity contribution in [2.24, 2.45) is 7.05 Å². The van der Waals surface area contributed by atoms with E-state index in [2.05, 4.69) is 35.9 Å². The third kappa shape index (κ3) is 4.53. The van der Waals surface area contributed by atoms with Crippen molar-refractivity contribution in [3.8, 4) is 0 Å². The molecule has 2 heterocycles. The zero-order valence-corrected chi connectivity index (χ0v) is 21.8. The second-order valence-electron chi connectivity index (χ2n) is 9.98. The summed E-state index contributed by atoms with van der Waals surface area (Å²) in [5, 5.41) is 4.18. The first-order valence-electron chi connectivity index (χ1n) is 12.7. The van der Waals surface area contributed by atoms with Crippen molar-refractivity contribution in [2.45, 2.75) is 31.7 Å². The molecule has 5 rings (SSSR count). The number of carbonyl (C=O) groups is 2. The highest BCUT2D eigenvalue weighted by Gasteiger charge is 2.45. The van der Waals surface area contributed by atoms with Crippen molar-refractivity contribution < 1.29 is 14.3 Å². The van der Waals surface area contributed by atoms with E-state index in [4.69, 9.17) is 4.74 Å². The first-order valence-corrected chi connectivity index (χ1v) is 12.7. The number of nitrogens with one attached hydrogen (secondary N) is 1. The number of ether oxygens (including phenoxy) is 1. The zero-order valence-electron chi connectivity index (χ0n) is 21.8. The highest BCUT2D eigenvalue weighted by Crippen LogP contribution is 2.45. The number of carbonyl (C=O) groups excluding carboxylic acids is 2. The second kappa shape index (κ2) is 10.2. The van der Waals surface area contributed by atoms with Gasteiger partial charge in [-0.1, -0.05) is 62.4 Å². The van der Waals surface area contributed by atoms with Crippen LogP contribution in [-0.4, -0.2) is 41.5 Å². The maximum Gasteiger partial charge on any atom is 0.254 e. The quantitative estimate of drug-likeness (QED) is 0.349. The van der Waals surface area contributed by atoms with E-state index >= 15 is 0 Å². The second-order valence-corrected chi connectivity index (χ2v) is 9.98. The van der Waals surface area contributed by atoms with Crippen LogP contribution >= 0.6 is 0 Å². The molecule has 6 nitrogen and oxygen atoms in total. The minimum Gasteiger partial charge on any atom is -0.383 e. The van der Waals surface area contributed by atoms with E-state index in [0.717, 1.165) is 27.7 Å². The molecule has 1 aromatic heterocycles. The standard InChI is InChI=1S/C31H33N3O3/c1-20(2)21-13-15-22(16-14-21)32-30(35)28-24-10-5-6-11-25(24)31(36)34(17-18-37-4)29(28)26-19-33(3)27-12-8-7-9-23(26)27/h5-16,19-20,28-29H,17-18H2,1-4H3,(H,32,35)/t28-,29-/m0/s1. The average Bonchev–Trinajstić information content (AvgIpc) is 3.24. The summed E-state index contributed by atoms with van der Waals surface area (Å²) < 4.78 is 7.44. The van der Waals surface area contributed by atoms with E-state index < -0.39 is 12.0 Å². The molecule has 1 aliphatic rings. The van der Waals surface area contributed by atoms with E-state index in [1.807, 2.05) is 73.9 Å². The Morgan fingerprint density at radius 3 is 2.41 bits per heavy atom. The molecule has 0 saturated carbocycles. The van der Waals surface area contributed by atoms with Gasteiger partial charge in [-0.05, 0) is 41.3 Å². The molecule has 37 heavy (non-hydrogen) atoms. The van der Waals surface area contributed by atoms with Crippen LogP contribution in [-0.2, 0) is 16.6 Å². The van der Waals surface area contributed by atoms with Crippen LogP contribution < -0.4 is 5.32 Å². The van der Waals surface area contributed by atoms with Crippen LogP contribution in [0.15, 0.2) is 79.0 Å². The SMILES string of the molecule is COCCN1C(=O)c2ccccc2[C@H](C(=O)Nc2ccc(C(C)C)cc2)[C@@H]1c1cn(C)c2ccccc12. The summed E-state index contributed by atoms with van der Waals surface area (Å²) in [5.41, 5.74) is 5.27. The fraction of sp³-hybridized carbons (Fsp3) is 0.290. The summed E-state index contributed by atoms with van der Waals surface area (Å²) in [6.07, 6.45) is 2.05. The van der Waals surface area contributed by atoms with E-state index in [-0.39, 0.29) is 11.8 Å². The number of aryl methyl sites for hydroxylation is 1. The lowest BCUT2D eigenvalue weighted by atomic mass is 9.79. The van der Waals surface area contributed by atoms with Crippen LogP contribution in [0.3, 0.4) is 0 Å². The predicted octanol–water partition coefficient (Wildman–Crippen LogP) is 5.87. The summed E-state index contributed by atoms with van der Waals surface area (Å²) in [6, 6.07) is 23.1. The summed E-state index contributed by atoms with van der Waals surface area (Å²) in [7, 11) is 3.62. The monoisotopic (exact) mass is 495 g/mol. The van der Waals surface area contributed by atoms with Gasteiger partial charge < -0.3 is 19.5 Å². The van der Waals surface area contributed by atoms with Gasteiger partial charge in [0.05, 0.1) is 18.6 Å². The van der Waals surface area contributed by atoms with Crippen LogP contribution in [0.25, 0.3) is 10.9 Å². The smallest absolute Gasteiger partial charge is 0.254 e. The molecule has 0 fully saturated rings. The molecule has 6 heteroatoms. The molecule has 0 saturated heterocycles. The Hall–Kier alpha value is -3.90. The summed E-state index contributed by atoms with van der Waals surface area (Å²) in [6.45, 7) is 5.05. The number of anilines is 1. The third-order valence-electron chi connectivity index (χ3n) is 7.35. The molecular formula is C31H33N3O3. The van der Waals surface area contributed by atoms with Crippen molar-refractivity contribution in [3.63, 3.8) is 0 Å². The number of para-hydroxylation sites is 1. The molecule has 1 N–H and O–H groups in total. The lowest BCUT2D eigenvalue weighted by molar-refractivity contribution is -0.119. The molecule has 0 spiro atoms. The Labute approximate surface area is 217 Å². The lowest BCUT2D eigenvalue weighted by Gasteiger charge is -2.41. The average molecular weight is 496 g/mol. The van der Waals surface area contributed by atoms with Gasteiger partial charge in [0.25, 0.3) is 5.91 Å². The van der Waals surface area contributed by atoms with Crippen molar-refractivity contribution >= 4 is 28.4 Å². The topological polar surface area (TPSA) is 63.6 Å². The van der Waals surface area contributed by atoms with Crippen molar-refractivity contribution in [1.82, 2.24) is 9.47 Å². The lowest BCUT2D eigenvalue weighted by Crippen LogP contribution is -2.47. The largest absolute Gasteiger partial charge is 0.383 e. The number of nitrogens with zero attached hydrogens (tertiary/aromatic N) is 2. The highest BCUT2D eigenvalue weighted by atomic mass is 16.5. The maximum atomic E-state index is 14.1. The van der Waals surface area contributed by atoms with Crippen LogP contribution in [0.1, 0.15) is 58.8 Å². The molecule has 0 bridgehead atoms. The number of hydrogen-bond acceptors (Lipinski definition) is 3. The Morgan fingerprint density at radius 2 is 1.68 bits per heavy atom. The van der Waals surface area contributed by atoms with Gasteiger partial charge >= 0.3 is 0 Å². The molecule has 3 aromatic carbocycles. The van der Waals surface area contributed by atoms with E-state index in [9.17, 15) is 9.59 Å². The van der Waals surface area contributed by atoms with Gasteiger partial charge in [0.2, 0.25) is 5.91 Å². The van der Waals surface area contributed by atoms with E-state index in [1.54, 1.807) is 12.0 Å². The minimum atomic E-state index is -0.596. The minimum absolute atomic E-state index is 0.0871. The fourth-order valence-corrected chi connectivity index (χ4v) is 5.44. The summed E-state index contributed by atoms with van der Waals surface area (Å²) in [5.74, 6) is -0.416. The van der Waals surface area contributed by atoms with Crippen molar-refractivity contribution in [3.05, 3.63) is 101 Å². The van der Waals surface area contributed by atoms with Gasteiger partial charge in [-0.15, -0.1) is 0 Å². The number of rotatable bonds is 7. The third-order valence-corrected chi connectivity index (χ3v) is 7.35. The Balaban J connectivity index is 1.64. The number of hydrogen-bond donors (Lipinski definition) is 1. The Kier molecular flexibility index (Phi) is 6.85. The Morgan fingerprint density at radius 1 is 0.973 bits per heavy atom. The van der Waals surface area contributed by atoms with Gasteiger partial charge in [0, 0.05) is 54.6 Å². The van der Waals surface area contributed by atoms with E-state index in [1.165, 1.54) is 5.56 Å². The van der Waals surface area contributed by atoms with Gasteiger partial charge in [-0.2, -0.15) is 0 Å². The molecular weight excluding hydrogens is 462 g/mol. The number of aromatic nitrogens is 1. The molecule has 0 aliphatic carbocycles. The molecule has 1 aliphatic heterocycles. The first-order chi connectivity index (χ1) is 17.9. The summed E-state index contributed by atoms with van der Waals surface area (Å²) in [4.78, 5) is 29.7. The molecule has 2 amide bonds. The van der Waals surface area contributed by atoms with Gasteiger partial charge in [-0.3, -0.25) is 9.59 Å². The van der Waals surface area contributed by atoms with Crippen LogP contribution in [0.4, 0.5) is 5.69 Å². The van der Waals surface area contributed by atoms with Crippen LogP contribution in [0, 0.1) is 0 Å². The van der Waals surface area contributed by atoms with Crippen LogP contribution in [0.5, 0.6) is 0 Å². The van der Waals surface area contributed by atoms with Gasteiger partial charge in [0.15, 0.2) is 0 Å². The molecule has 190 valence electrons. The van der Waals surface area contributed by atoms with Crippen LogP contribution in [0.2, 0.25) is 0 Å². The van der Waals surface area contributed by atoms with Gasteiger partial charge in [0.1, 0.15) is 0 Å². The molecule has 2 atom stereocenters. The zero-order chi connectivity index (χ0) is 26.1. The highest BCUT2D eigenvalue weighted by molar-refractivity contribution is 6.05. The fourth-order valence-electron chi connectivity index (χ4n) is 5.44. The molecule has 0 radical (unpaired) electrons. The molecule has 0 unspecified atom stereocenters. The number of fused-ring (bicyclic) bond motifs is 2. The summed E-state index contributed by atoms with van der Waals surface area (Å²) >= 11 is 0. The van der Waals surface area contributed by atoms with Crippen molar-refractivity contribution in [1.29, 1.82) is 0 Å². The first kappa shape index (κ1) is 24.8. The normalized spacial score (nSPS) is 17.3. The number of methoxy groups -OCH3 is 1. The number of amides is 2. The van der Waals surface area contributed by atoms with E-state index in [0.29, 0.717) is 24.6 Å². The Bertz CT molecular complexity index is 1440. The maximum absolute atomic E-state index is 14.1. The van der Waals surface area contributed by atoms with Gasteiger partial charge in [-0.25, -0.2) is 0 Å². The predicted molar refractivity (Wildman–Crippen MR) is 147 cm³/mol. The molecule has 4 aromatic rings.